The van der Waals surface area contributed by atoms with Gasteiger partial charge in [0, 0.05) is 0 Å². The SMILES string of the molecule is Cc1ccc(NC(=O)c2c(F)cccc2Cl)c(F)c1. The van der Waals surface area contributed by atoms with Crippen molar-refractivity contribution in [3.63, 3.8) is 0 Å². The molecular formula is C14H10ClF2NO. The van der Waals surface area contributed by atoms with Crippen LogP contribution < -0.4 is 5.32 Å². The van der Waals surface area contributed by atoms with E-state index in [-0.39, 0.29) is 16.3 Å². The van der Waals surface area contributed by atoms with Gasteiger partial charge < -0.3 is 5.32 Å². The van der Waals surface area contributed by atoms with Crippen LogP contribution in [0.1, 0.15) is 15.9 Å². The van der Waals surface area contributed by atoms with Crippen molar-refractivity contribution in [1.82, 2.24) is 0 Å². The monoisotopic (exact) mass is 281 g/mol. The Labute approximate surface area is 114 Å². The average Bonchev–Trinajstić information content (AvgIpc) is 2.32. The molecule has 0 saturated carbocycles. The predicted molar refractivity (Wildman–Crippen MR) is 70.5 cm³/mol. The largest absolute Gasteiger partial charge is 0.319 e. The Balaban J connectivity index is 2.31. The molecule has 19 heavy (non-hydrogen) atoms. The third-order valence-electron chi connectivity index (χ3n) is 2.56. The summed E-state index contributed by atoms with van der Waals surface area (Å²) < 4.78 is 27.1. The van der Waals surface area contributed by atoms with Gasteiger partial charge in [-0.1, -0.05) is 23.7 Å². The van der Waals surface area contributed by atoms with E-state index in [1.54, 1.807) is 13.0 Å². The molecule has 2 aromatic carbocycles. The van der Waals surface area contributed by atoms with Crippen LogP contribution in [0.15, 0.2) is 36.4 Å². The minimum atomic E-state index is -0.786. The van der Waals surface area contributed by atoms with Crippen molar-refractivity contribution >= 4 is 23.2 Å². The van der Waals surface area contributed by atoms with E-state index in [9.17, 15) is 13.6 Å². The third-order valence-corrected chi connectivity index (χ3v) is 2.88. The summed E-state index contributed by atoms with van der Waals surface area (Å²) in [5.74, 6) is -2.12. The number of aryl methyl sites for hydroxylation is 1. The first kappa shape index (κ1) is 13.5. The maximum atomic E-state index is 13.6. The Kier molecular flexibility index (Phi) is 3.81. The van der Waals surface area contributed by atoms with Crippen LogP contribution in [0, 0.1) is 18.6 Å². The lowest BCUT2D eigenvalue weighted by Gasteiger charge is -2.09. The van der Waals surface area contributed by atoms with Gasteiger partial charge in [0.05, 0.1) is 16.3 Å². The molecule has 1 N–H and O–H groups in total. The summed E-state index contributed by atoms with van der Waals surface area (Å²) in [6.45, 7) is 1.72. The first-order valence-corrected chi connectivity index (χ1v) is 5.88. The van der Waals surface area contributed by atoms with Gasteiger partial charge in [-0.05, 0) is 36.8 Å². The zero-order chi connectivity index (χ0) is 14.0. The van der Waals surface area contributed by atoms with Crippen molar-refractivity contribution in [3.8, 4) is 0 Å². The zero-order valence-corrected chi connectivity index (χ0v) is 10.8. The summed E-state index contributed by atoms with van der Waals surface area (Å²) in [5, 5.41) is 2.27. The summed E-state index contributed by atoms with van der Waals surface area (Å²) >= 11 is 5.76. The van der Waals surface area contributed by atoms with E-state index in [1.807, 2.05) is 0 Å². The topological polar surface area (TPSA) is 29.1 Å². The molecule has 2 aromatic rings. The number of hydrogen-bond acceptors (Lipinski definition) is 1. The quantitative estimate of drug-likeness (QED) is 0.879. The number of halogens is 3. The van der Waals surface area contributed by atoms with E-state index in [4.69, 9.17) is 11.6 Å². The molecular weight excluding hydrogens is 272 g/mol. The molecule has 0 aromatic heterocycles. The summed E-state index contributed by atoms with van der Waals surface area (Å²) in [4.78, 5) is 11.9. The van der Waals surface area contributed by atoms with Crippen LogP contribution in [-0.2, 0) is 0 Å². The van der Waals surface area contributed by atoms with Crippen LogP contribution in [0.4, 0.5) is 14.5 Å². The molecule has 0 atom stereocenters. The molecule has 0 radical (unpaired) electrons. The Hall–Kier alpha value is -1.94. The van der Waals surface area contributed by atoms with E-state index in [0.29, 0.717) is 0 Å². The number of nitrogens with one attached hydrogen (secondary N) is 1. The van der Waals surface area contributed by atoms with Crippen molar-refractivity contribution in [3.05, 3.63) is 64.2 Å². The van der Waals surface area contributed by atoms with Crippen molar-refractivity contribution < 1.29 is 13.6 Å². The van der Waals surface area contributed by atoms with Gasteiger partial charge >= 0.3 is 0 Å². The fraction of sp³-hybridized carbons (Fsp3) is 0.0714. The zero-order valence-electron chi connectivity index (χ0n) is 10.0. The van der Waals surface area contributed by atoms with Crippen LogP contribution >= 0.6 is 11.6 Å². The molecule has 0 aliphatic rings. The number of carbonyl (C=O) groups is 1. The predicted octanol–water partition coefficient (Wildman–Crippen LogP) is 4.18. The van der Waals surface area contributed by atoms with E-state index in [2.05, 4.69) is 5.32 Å². The van der Waals surface area contributed by atoms with Crippen LogP contribution in [0.5, 0.6) is 0 Å². The second-order valence-corrected chi connectivity index (χ2v) is 4.44. The van der Waals surface area contributed by atoms with Crippen molar-refractivity contribution in [2.75, 3.05) is 5.32 Å². The Bertz CT molecular complexity index is 623. The standard InChI is InChI=1S/C14H10ClF2NO/c1-8-5-6-12(11(17)7-8)18-14(19)13-9(15)3-2-4-10(13)16/h2-7H,1H3,(H,18,19). The van der Waals surface area contributed by atoms with Gasteiger partial charge in [0.15, 0.2) is 0 Å². The third kappa shape index (κ3) is 2.90. The fourth-order valence-corrected chi connectivity index (χ4v) is 1.87. The van der Waals surface area contributed by atoms with Gasteiger partial charge in [0.1, 0.15) is 11.6 Å². The highest BCUT2D eigenvalue weighted by atomic mass is 35.5. The first-order chi connectivity index (χ1) is 8.99. The summed E-state index contributed by atoms with van der Waals surface area (Å²) in [6.07, 6.45) is 0. The molecule has 0 bridgehead atoms. The maximum absolute atomic E-state index is 13.6. The molecule has 0 saturated heterocycles. The minimum absolute atomic E-state index is 0.0186. The highest BCUT2D eigenvalue weighted by molar-refractivity contribution is 6.34. The number of amides is 1. The second-order valence-electron chi connectivity index (χ2n) is 4.03. The highest BCUT2D eigenvalue weighted by Gasteiger charge is 2.17. The van der Waals surface area contributed by atoms with Gasteiger partial charge in [0.25, 0.3) is 5.91 Å². The lowest BCUT2D eigenvalue weighted by Crippen LogP contribution is -2.15. The van der Waals surface area contributed by atoms with E-state index in [0.717, 1.165) is 11.6 Å². The lowest BCUT2D eigenvalue weighted by atomic mass is 10.1. The van der Waals surface area contributed by atoms with Gasteiger partial charge in [-0.25, -0.2) is 8.78 Å². The molecule has 0 fully saturated rings. The molecule has 0 aliphatic carbocycles. The average molecular weight is 282 g/mol. The summed E-state index contributed by atoms with van der Waals surface area (Å²) in [5.41, 5.74) is 0.401. The molecule has 0 spiro atoms. The Morgan fingerprint density at radius 1 is 1.16 bits per heavy atom. The normalized spacial score (nSPS) is 10.3. The number of hydrogen-bond donors (Lipinski definition) is 1. The molecule has 0 aliphatic heterocycles. The number of rotatable bonds is 2. The van der Waals surface area contributed by atoms with Gasteiger partial charge in [-0.3, -0.25) is 4.79 Å². The minimum Gasteiger partial charge on any atom is -0.319 e. The van der Waals surface area contributed by atoms with Gasteiger partial charge in [-0.2, -0.15) is 0 Å². The molecule has 2 rings (SSSR count). The smallest absolute Gasteiger partial charge is 0.260 e. The Morgan fingerprint density at radius 3 is 2.53 bits per heavy atom. The highest BCUT2D eigenvalue weighted by Crippen LogP contribution is 2.22. The number of benzene rings is 2. The first-order valence-electron chi connectivity index (χ1n) is 5.50. The molecule has 0 unspecified atom stereocenters. The summed E-state index contributed by atoms with van der Waals surface area (Å²) in [6, 6.07) is 8.23. The van der Waals surface area contributed by atoms with Crippen LogP contribution in [0.2, 0.25) is 5.02 Å². The van der Waals surface area contributed by atoms with Crippen molar-refractivity contribution in [1.29, 1.82) is 0 Å². The second kappa shape index (κ2) is 5.36. The molecule has 98 valence electrons. The van der Waals surface area contributed by atoms with Crippen LogP contribution in [-0.4, -0.2) is 5.91 Å². The van der Waals surface area contributed by atoms with Gasteiger partial charge in [-0.15, -0.1) is 0 Å². The molecule has 2 nitrogen and oxygen atoms in total. The van der Waals surface area contributed by atoms with Crippen LogP contribution in [0.25, 0.3) is 0 Å². The number of anilines is 1. The molecule has 0 heterocycles. The van der Waals surface area contributed by atoms with E-state index in [1.165, 1.54) is 24.3 Å². The fourth-order valence-electron chi connectivity index (χ4n) is 1.62. The summed E-state index contributed by atoms with van der Waals surface area (Å²) in [7, 11) is 0. The lowest BCUT2D eigenvalue weighted by molar-refractivity contribution is 0.102. The van der Waals surface area contributed by atoms with Crippen molar-refractivity contribution in [2.45, 2.75) is 6.92 Å². The van der Waals surface area contributed by atoms with E-state index >= 15 is 0 Å². The van der Waals surface area contributed by atoms with Crippen LogP contribution in [0.3, 0.4) is 0 Å². The maximum Gasteiger partial charge on any atom is 0.260 e. The Morgan fingerprint density at radius 2 is 1.89 bits per heavy atom. The van der Waals surface area contributed by atoms with Gasteiger partial charge in [0.2, 0.25) is 0 Å². The van der Waals surface area contributed by atoms with Crippen molar-refractivity contribution in [2.24, 2.45) is 0 Å². The van der Waals surface area contributed by atoms with E-state index < -0.39 is 17.5 Å². The molecule has 1 amide bonds. The number of carbonyl (C=O) groups excluding carboxylic acids is 1. The molecule has 5 heteroatoms.